The summed E-state index contributed by atoms with van der Waals surface area (Å²) in [6.07, 6.45) is 8.16. The van der Waals surface area contributed by atoms with Gasteiger partial charge < -0.3 is 15.2 Å². The molecule has 0 amide bonds. The quantitative estimate of drug-likeness (QED) is 0.215. The monoisotopic (exact) mass is 567 g/mol. The van der Waals surface area contributed by atoms with Crippen molar-refractivity contribution in [2.45, 2.75) is 77.8 Å². The molecule has 11 heteroatoms. The van der Waals surface area contributed by atoms with E-state index in [1.807, 2.05) is 0 Å². The molecule has 0 bridgehead atoms. The highest BCUT2D eigenvalue weighted by molar-refractivity contribution is 14.0. The minimum Gasteiger partial charge on any atom is -0.357 e. The van der Waals surface area contributed by atoms with Crippen LogP contribution in [0, 0.1) is 0 Å². The summed E-state index contributed by atoms with van der Waals surface area (Å²) < 4.78 is 28.0. The van der Waals surface area contributed by atoms with Crippen molar-refractivity contribution < 1.29 is 8.42 Å². The van der Waals surface area contributed by atoms with Crippen LogP contribution in [-0.2, 0) is 29.4 Å². The fraction of sp³-hybridized carbons (Fsp3) is 0.850. The summed E-state index contributed by atoms with van der Waals surface area (Å²) in [5.74, 6) is 3.21. The molecule has 0 saturated carbocycles. The van der Waals surface area contributed by atoms with Crippen molar-refractivity contribution in [1.29, 1.82) is 0 Å². The van der Waals surface area contributed by atoms with Crippen LogP contribution in [0.15, 0.2) is 4.99 Å². The summed E-state index contributed by atoms with van der Waals surface area (Å²) in [4.78, 5) is 4.73. The first-order chi connectivity index (χ1) is 14.5. The number of halogens is 1. The van der Waals surface area contributed by atoms with Gasteiger partial charge in [0.1, 0.15) is 11.6 Å². The molecule has 0 aromatic carbocycles. The van der Waals surface area contributed by atoms with E-state index in [-0.39, 0.29) is 35.8 Å². The average molecular weight is 568 g/mol. The molecule has 0 atom stereocenters. The summed E-state index contributed by atoms with van der Waals surface area (Å²) in [6.45, 7) is 7.47. The predicted molar refractivity (Wildman–Crippen MR) is 134 cm³/mol. The number of piperidine rings is 1. The second-order valence-electron chi connectivity index (χ2n) is 8.08. The maximum absolute atomic E-state index is 12.0. The van der Waals surface area contributed by atoms with Crippen LogP contribution in [0.5, 0.6) is 0 Å². The van der Waals surface area contributed by atoms with Crippen LogP contribution in [0.25, 0.3) is 0 Å². The number of aryl methyl sites for hydroxylation is 2. The van der Waals surface area contributed by atoms with Gasteiger partial charge in [0, 0.05) is 51.6 Å². The first-order valence-corrected chi connectivity index (χ1v) is 13.1. The molecule has 1 aromatic heterocycles. The summed E-state index contributed by atoms with van der Waals surface area (Å²) in [7, 11) is -3.08. The molecule has 9 nitrogen and oxygen atoms in total. The zero-order chi connectivity index (χ0) is 21.4. The van der Waals surface area contributed by atoms with Crippen molar-refractivity contribution in [3.63, 3.8) is 0 Å². The lowest BCUT2D eigenvalue weighted by Crippen LogP contribution is -2.50. The topological polar surface area (TPSA) is 105 Å². The van der Waals surface area contributed by atoms with Crippen LogP contribution in [0.4, 0.5) is 0 Å². The van der Waals surface area contributed by atoms with Crippen LogP contribution >= 0.6 is 24.0 Å². The fourth-order valence-corrected chi connectivity index (χ4v) is 5.26. The van der Waals surface area contributed by atoms with Gasteiger partial charge in [-0.25, -0.2) is 12.7 Å². The maximum Gasteiger partial charge on any atom is 0.213 e. The zero-order valence-electron chi connectivity index (χ0n) is 18.8. The van der Waals surface area contributed by atoms with E-state index in [0.717, 1.165) is 69.3 Å². The van der Waals surface area contributed by atoms with Crippen LogP contribution in [0.2, 0.25) is 0 Å². The van der Waals surface area contributed by atoms with E-state index in [1.165, 1.54) is 19.3 Å². The number of nitrogens with zero attached hydrogens (tertiary/aromatic N) is 5. The Balaban J connectivity index is 0.00000341. The summed E-state index contributed by atoms with van der Waals surface area (Å²) in [6, 6.07) is 0.248. The minimum absolute atomic E-state index is 0. The molecule has 2 N–H and O–H groups in total. The number of sulfonamides is 1. The van der Waals surface area contributed by atoms with Crippen molar-refractivity contribution in [2.75, 3.05) is 31.9 Å². The van der Waals surface area contributed by atoms with Crippen molar-refractivity contribution in [3.05, 3.63) is 11.6 Å². The Morgan fingerprint density at radius 2 is 1.90 bits per heavy atom. The first-order valence-electron chi connectivity index (χ1n) is 11.5. The van der Waals surface area contributed by atoms with Crippen molar-refractivity contribution in [3.8, 4) is 0 Å². The number of nitrogens with one attached hydrogen (secondary N) is 2. The molecule has 1 saturated heterocycles. The van der Waals surface area contributed by atoms with E-state index < -0.39 is 10.0 Å². The predicted octanol–water partition coefficient (Wildman–Crippen LogP) is 1.92. The van der Waals surface area contributed by atoms with Crippen LogP contribution in [0.3, 0.4) is 0 Å². The van der Waals surface area contributed by atoms with E-state index in [1.54, 1.807) is 11.2 Å². The SMILES string of the molecule is CCNC(=NCCCc1nnc2n1CCCCC2)NC1CCN(S(=O)(=O)CC)CC1.I. The molecule has 0 radical (unpaired) electrons. The molecule has 0 aliphatic carbocycles. The number of hydrogen-bond donors (Lipinski definition) is 2. The molecule has 1 aromatic rings. The highest BCUT2D eigenvalue weighted by atomic mass is 127. The fourth-order valence-electron chi connectivity index (χ4n) is 4.13. The molecule has 2 aliphatic heterocycles. The highest BCUT2D eigenvalue weighted by Gasteiger charge is 2.27. The molecule has 0 unspecified atom stereocenters. The Hall–Kier alpha value is -0.950. The second kappa shape index (κ2) is 12.9. The number of fused-ring (bicyclic) bond motifs is 1. The van der Waals surface area contributed by atoms with Crippen molar-refractivity contribution in [2.24, 2.45) is 4.99 Å². The van der Waals surface area contributed by atoms with Gasteiger partial charge in [0.15, 0.2) is 5.96 Å². The van der Waals surface area contributed by atoms with Gasteiger partial charge in [-0.3, -0.25) is 4.99 Å². The molecule has 178 valence electrons. The van der Waals surface area contributed by atoms with Gasteiger partial charge in [0.05, 0.1) is 5.75 Å². The number of hydrogen-bond acceptors (Lipinski definition) is 5. The lowest BCUT2D eigenvalue weighted by molar-refractivity contribution is 0.306. The van der Waals surface area contributed by atoms with Gasteiger partial charge >= 0.3 is 0 Å². The van der Waals surface area contributed by atoms with Gasteiger partial charge in [-0.2, -0.15) is 0 Å². The van der Waals surface area contributed by atoms with Gasteiger partial charge in [0.2, 0.25) is 10.0 Å². The van der Waals surface area contributed by atoms with Gasteiger partial charge in [-0.1, -0.05) is 6.42 Å². The van der Waals surface area contributed by atoms with Gasteiger partial charge in [0.25, 0.3) is 0 Å². The second-order valence-corrected chi connectivity index (χ2v) is 10.3. The molecular weight excluding hydrogens is 529 g/mol. The molecule has 3 heterocycles. The maximum atomic E-state index is 12.0. The third-order valence-corrected chi connectivity index (χ3v) is 7.79. The van der Waals surface area contributed by atoms with Gasteiger partial charge in [-0.05, 0) is 46.0 Å². The van der Waals surface area contributed by atoms with E-state index in [2.05, 4.69) is 32.3 Å². The largest absolute Gasteiger partial charge is 0.357 e. The molecule has 0 spiro atoms. The number of aromatic nitrogens is 3. The van der Waals surface area contributed by atoms with Crippen LogP contribution in [-0.4, -0.2) is 71.4 Å². The standard InChI is InChI=1S/C20H37N7O2S.HI/c1-3-21-20(23-17-11-15-26(16-12-17)30(28,29)4-2)22-13-8-10-19-25-24-18-9-6-5-7-14-27(18)19;/h17H,3-16H2,1-2H3,(H2,21,22,23);1H. The summed E-state index contributed by atoms with van der Waals surface area (Å²) >= 11 is 0. The number of rotatable bonds is 8. The molecule has 3 rings (SSSR count). The minimum atomic E-state index is -3.08. The molecular formula is C20H38IN7O2S. The number of guanidine groups is 1. The Bertz CT molecular complexity index is 804. The van der Waals surface area contributed by atoms with E-state index >= 15 is 0 Å². The van der Waals surface area contributed by atoms with Crippen molar-refractivity contribution in [1.82, 2.24) is 29.7 Å². The third kappa shape index (κ3) is 7.55. The molecule has 2 aliphatic rings. The lowest BCUT2D eigenvalue weighted by Gasteiger charge is -2.32. The Morgan fingerprint density at radius 3 is 2.61 bits per heavy atom. The first kappa shape index (κ1) is 26.3. The zero-order valence-corrected chi connectivity index (χ0v) is 22.0. The normalized spacial score (nSPS) is 18.7. The average Bonchev–Trinajstić information content (AvgIpc) is 2.97. The van der Waals surface area contributed by atoms with E-state index in [0.29, 0.717) is 13.1 Å². The Labute approximate surface area is 203 Å². The van der Waals surface area contributed by atoms with E-state index in [9.17, 15) is 8.42 Å². The van der Waals surface area contributed by atoms with Crippen LogP contribution < -0.4 is 10.6 Å². The van der Waals surface area contributed by atoms with Gasteiger partial charge in [-0.15, -0.1) is 34.2 Å². The third-order valence-electron chi connectivity index (χ3n) is 5.91. The van der Waals surface area contributed by atoms with Crippen molar-refractivity contribution >= 4 is 40.0 Å². The molecule has 1 fully saturated rings. The Kier molecular flexibility index (Phi) is 11.0. The molecule has 31 heavy (non-hydrogen) atoms. The van der Waals surface area contributed by atoms with Crippen LogP contribution in [0.1, 0.15) is 64.0 Å². The smallest absolute Gasteiger partial charge is 0.213 e. The summed E-state index contributed by atoms with van der Waals surface area (Å²) in [5.41, 5.74) is 0. The highest BCUT2D eigenvalue weighted by Crippen LogP contribution is 2.16. The lowest BCUT2D eigenvalue weighted by atomic mass is 10.1. The summed E-state index contributed by atoms with van der Waals surface area (Å²) in [5, 5.41) is 15.6. The van der Waals surface area contributed by atoms with E-state index in [4.69, 9.17) is 4.99 Å². The Morgan fingerprint density at radius 1 is 1.13 bits per heavy atom. The number of aliphatic imine (C=N–C) groups is 1.